The van der Waals surface area contributed by atoms with Gasteiger partial charge in [-0.1, -0.05) is 17.3 Å². The lowest BCUT2D eigenvalue weighted by atomic mass is 10.1. The quantitative estimate of drug-likeness (QED) is 0.739. The van der Waals surface area contributed by atoms with Gasteiger partial charge in [0.25, 0.3) is 5.91 Å². The first-order valence-electron chi connectivity index (χ1n) is 7.29. The van der Waals surface area contributed by atoms with Gasteiger partial charge in [0.15, 0.2) is 5.69 Å². The number of amides is 1. The number of nitrogens with zero attached hydrogens (tertiary/aromatic N) is 4. The molecule has 1 amide bonds. The van der Waals surface area contributed by atoms with Crippen molar-refractivity contribution in [3.63, 3.8) is 0 Å². The third kappa shape index (κ3) is 3.63. The molecule has 0 aliphatic carbocycles. The van der Waals surface area contributed by atoms with E-state index in [1.165, 1.54) is 35.3 Å². The third-order valence-electron chi connectivity index (χ3n) is 3.56. The van der Waals surface area contributed by atoms with Gasteiger partial charge in [0, 0.05) is 11.8 Å². The average Bonchev–Trinajstić information content (AvgIpc) is 3.02. The van der Waals surface area contributed by atoms with Crippen molar-refractivity contribution in [1.29, 1.82) is 0 Å². The van der Waals surface area contributed by atoms with Crippen LogP contribution < -0.4 is 5.73 Å². The summed E-state index contributed by atoms with van der Waals surface area (Å²) in [5, 5.41) is 17.6. The Morgan fingerprint density at radius 1 is 1.23 bits per heavy atom. The van der Waals surface area contributed by atoms with E-state index >= 15 is 0 Å². The van der Waals surface area contributed by atoms with Gasteiger partial charge in [0.2, 0.25) is 0 Å². The van der Waals surface area contributed by atoms with Gasteiger partial charge in [-0.25, -0.2) is 9.67 Å². The summed E-state index contributed by atoms with van der Waals surface area (Å²) in [5.41, 5.74) is 5.47. The first-order chi connectivity index (χ1) is 12.2. The second-order valence-corrected chi connectivity index (χ2v) is 5.45. The number of aromatic hydroxyl groups is 1. The Kier molecular flexibility index (Phi) is 4.33. The molecule has 0 saturated heterocycles. The van der Waals surface area contributed by atoms with E-state index in [-0.39, 0.29) is 18.0 Å². The first kappa shape index (κ1) is 17.4. The Labute approximate surface area is 144 Å². The van der Waals surface area contributed by atoms with Crippen LogP contribution in [0.4, 0.5) is 13.2 Å². The molecule has 10 heteroatoms. The number of hydrogen-bond acceptors (Lipinski definition) is 5. The molecule has 0 unspecified atom stereocenters. The Balaban J connectivity index is 1.78. The predicted molar refractivity (Wildman–Crippen MR) is 84.0 cm³/mol. The van der Waals surface area contributed by atoms with Crippen LogP contribution in [-0.2, 0) is 12.7 Å². The molecule has 26 heavy (non-hydrogen) atoms. The molecule has 0 aliphatic heterocycles. The highest BCUT2D eigenvalue weighted by Crippen LogP contribution is 2.29. The van der Waals surface area contributed by atoms with Crippen LogP contribution in [0.5, 0.6) is 5.75 Å². The zero-order valence-electron chi connectivity index (χ0n) is 13.1. The fraction of sp³-hybridized carbons (Fsp3) is 0.125. The van der Waals surface area contributed by atoms with E-state index < -0.39 is 17.6 Å². The Morgan fingerprint density at radius 3 is 2.50 bits per heavy atom. The number of nitrogens with two attached hydrogens (primary N) is 1. The maximum absolute atomic E-state index is 12.6. The highest BCUT2D eigenvalue weighted by Gasteiger charge is 2.29. The van der Waals surface area contributed by atoms with Crippen LogP contribution in [0.15, 0.2) is 42.7 Å². The van der Waals surface area contributed by atoms with Crippen molar-refractivity contribution in [2.24, 2.45) is 5.73 Å². The molecule has 0 aliphatic rings. The molecule has 3 N–H and O–H groups in total. The smallest absolute Gasteiger partial charge is 0.416 e. The van der Waals surface area contributed by atoms with E-state index in [1.54, 1.807) is 0 Å². The monoisotopic (exact) mass is 363 g/mol. The molecule has 0 saturated carbocycles. The summed E-state index contributed by atoms with van der Waals surface area (Å²) in [6.07, 6.45) is -1.53. The lowest BCUT2D eigenvalue weighted by Crippen LogP contribution is -2.13. The van der Waals surface area contributed by atoms with Crippen molar-refractivity contribution in [3.05, 3.63) is 59.5 Å². The minimum Gasteiger partial charge on any atom is -0.505 e. The summed E-state index contributed by atoms with van der Waals surface area (Å²) in [6.45, 7) is 0.212. The zero-order valence-corrected chi connectivity index (χ0v) is 13.1. The number of alkyl halides is 3. The summed E-state index contributed by atoms with van der Waals surface area (Å²) in [5.74, 6) is -1.24. The highest BCUT2D eigenvalue weighted by molar-refractivity contribution is 5.93. The van der Waals surface area contributed by atoms with Crippen LogP contribution in [-0.4, -0.2) is 31.0 Å². The molecule has 0 fully saturated rings. The van der Waals surface area contributed by atoms with E-state index in [9.17, 15) is 23.1 Å². The maximum Gasteiger partial charge on any atom is 0.416 e. The molecule has 1 aromatic carbocycles. The molecule has 0 atom stereocenters. The van der Waals surface area contributed by atoms with Crippen LogP contribution in [0.3, 0.4) is 0 Å². The van der Waals surface area contributed by atoms with Crippen LogP contribution in [0.2, 0.25) is 0 Å². The molecule has 0 spiro atoms. The summed E-state index contributed by atoms with van der Waals surface area (Å²) in [7, 11) is 0. The molecule has 2 aromatic heterocycles. The van der Waals surface area contributed by atoms with Crippen molar-refractivity contribution < 1.29 is 23.1 Å². The zero-order chi connectivity index (χ0) is 18.9. The van der Waals surface area contributed by atoms with Gasteiger partial charge in [0.05, 0.1) is 18.3 Å². The Hall–Kier alpha value is -3.43. The number of aromatic nitrogens is 4. The number of rotatable bonds is 4. The fourth-order valence-corrected chi connectivity index (χ4v) is 2.28. The molecule has 134 valence electrons. The van der Waals surface area contributed by atoms with Crippen molar-refractivity contribution >= 4 is 5.91 Å². The largest absolute Gasteiger partial charge is 0.505 e. The van der Waals surface area contributed by atoms with Crippen molar-refractivity contribution in [2.45, 2.75) is 12.7 Å². The SMILES string of the molecule is NC(=O)c1ncc(-c2cn(Cc3ccc(C(F)(F)F)cc3)nn2)cc1O. The minimum absolute atomic E-state index is 0.212. The van der Waals surface area contributed by atoms with Gasteiger partial charge in [-0.3, -0.25) is 4.79 Å². The lowest BCUT2D eigenvalue weighted by Gasteiger charge is -2.07. The van der Waals surface area contributed by atoms with Gasteiger partial charge in [-0.2, -0.15) is 13.2 Å². The average molecular weight is 363 g/mol. The van der Waals surface area contributed by atoms with Gasteiger partial charge in [-0.05, 0) is 23.8 Å². The second-order valence-electron chi connectivity index (χ2n) is 5.45. The number of hydrogen-bond donors (Lipinski definition) is 2. The molecular weight excluding hydrogens is 351 g/mol. The number of carbonyl (C=O) groups is 1. The van der Waals surface area contributed by atoms with E-state index in [2.05, 4.69) is 15.3 Å². The predicted octanol–water partition coefficient (Wildman–Crippen LogP) is 2.21. The molecule has 0 radical (unpaired) electrons. The first-order valence-corrected chi connectivity index (χ1v) is 7.29. The number of pyridine rings is 1. The number of primary amides is 1. The normalized spacial score (nSPS) is 11.5. The lowest BCUT2D eigenvalue weighted by molar-refractivity contribution is -0.137. The molecule has 3 aromatic rings. The highest BCUT2D eigenvalue weighted by atomic mass is 19.4. The van der Waals surface area contributed by atoms with Crippen molar-refractivity contribution in [3.8, 4) is 17.0 Å². The van der Waals surface area contributed by atoms with Crippen molar-refractivity contribution in [1.82, 2.24) is 20.0 Å². The number of halogens is 3. The van der Waals surface area contributed by atoms with Crippen LogP contribution in [0.1, 0.15) is 21.6 Å². The fourth-order valence-electron chi connectivity index (χ4n) is 2.28. The van der Waals surface area contributed by atoms with E-state index in [1.807, 2.05) is 0 Å². The van der Waals surface area contributed by atoms with Gasteiger partial charge in [0.1, 0.15) is 11.4 Å². The number of carbonyl (C=O) groups excluding carboxylic acids is 1. The second kappa shape index (κ2) is 6.47. The molecule has 3 rings (SSSR count). The standard InChI is InChI=1S/C16H12F3N5O2/c17-16(18,19)11-3-1-9(2-4-11)7-24-8-12(22-23-24)10-5-13(25)14(15(20)26)21-6-10/h1-6,8,25H,7H2,(H2,20,26). The molecule has 7 nitrogen and oxygen atoms in total. The Morgan fingerprint density at radius 2 is 1.92 bits per heavy atom. The van der Waals surface area contributed by atoms with Gasteiger partial charge >= 0.3 is 6.18 Å². The van der Waals surface area contributed by atoms with Gasteiger partial charge in [-0.15, -0.1) is 5.10 Å². The van der Waals surface area contributed by atoms with Crippen LogP contribution in [0.25, 0.3) is 11.3 Å². The van der Waals surface area contributed by atoms with E-state index in [0.29, 0.717) is 16.8 Å². The topological polar surface area (TPSA) is 107 Å². The summed E-state index contributed by atoms with van der Waals surface area (Å²) < 4.78 is 39.1. The molecule has 2 heterocycles. The summed E-state index contributed by atoms with van der Waals surface area (Å²) in [4.78, 5) is 14.8. The van der Waals surface area contributed by atoms with Crippen LogP contribution >= 0.6 is 0 Å². The van der Waals surface area contributed by atoms with Crippen molar-refractivity contribution in [2.75, 3.05) is 0 Å². The minimum atomic E-state index is -4.38. The molecule has 0 bridgehead atoms. The summed E-state index contributed by atoms with van der Waals surface area (Å²) >= 11 is 0. The van der Waals surface area contributed by atoms with E-state index in [4.69, 9.17) is 5.73 Å². The maximum atomic E-state index is 12.6. The Bertz CT molecular complexity index is 951. The van der Waals surface area contributed by atoms with Gasteiger partial charge < -0.3 is 10.8 Å². The summed E-state index contributed by atoms with van der Waals surface area (Å²) in [6, 6.07) is 5.99. The van der Waals surface area contributed by atoms with E-state index in [0.717, 1.165) is 12.1 Å². The van der Waals surface area contributed by atoms with Crippen LogP contribution in [0, 0.1) is 0 Å². The number of benzene rings is 1. The molecular formula is C16H12F3N5O2. The third-order valence-corrected chi connectivity index (χ3v) is 3.56.